The number of carbonyl (C=O) groups is 1. The van der Waals surface area contributed by atoms with Crippen molar-refractivity contribution in [1.29, 1.82) is 0 Å². The summed E-state index contributed by atoms with van der Waals surface area (Å²) in [4.78, 5) is 19.7. The molecule has 7 heteroatoms. The summed E-state index contributed by atoms with van der Waals surface area (Å²) in [5.74, 6) is -0.130. The number of nitrogens with zero attached hydrogens (tertiary/aromatic N) is 4. The van der Waals surface area contributed by atoms with E-state index in [0.29, 0.717) is 17.4 Å². The van der Waals surface area contributed by atoms with Crippen molar-refractivity contribution in [2.24, 2.45) is 7.05 Å². The third kappa shape index (κ3) is 3.12. The Kier molecular flexibility index (Phi) is 4.50. The van der Waals surface area contributed by atoms with Crippen LogP contribution in [0.3, 0.4) is 0 Å². The van der Waals surface area contributed by atoms with Crippen molar-refractivity contribution in [2.75, 3.05) is 18.1 Å². The van der Waals surface area contributed by atoms with Crippen LogP contribution in [-0.2, 0) is 11.8 Å². The lowest BCUT2D eigenvalue weighted by molar-refractivity contribution is 0.0913. The van der Waals surface area contributed by atoms with Gasteiger partial charge in [0.15, 0.2) is 10.8 Å². The van der Waals surface area contributed by atoms with Crippen LogP contribution < -0.4 is 4.90 Å². The maximum Gasteiger partial charge on any atom is 0.280 e. The predicted octanol–water partition coefficient (Wildman–Crippen LogP) is 3.47. The van der Waals surface area contributed by atoms with Crippen LogP contribution in [0.2, 0.25) is 0 Å². The van der Waals surface area contributed by atoms with Gasteiger partial charge in [-0.1, -0.05) is 17.4 Å². The molecule has 3 heterocycles. The average Bonchev–Trinajstić information content (AvgIpc) is 3.36. The molecule has 0 bridgehead atoms. The quantitative estimate of drug-likeness (QED) is 0.705. The molecule has 1 fully saturated rings. The third-order valence-corrected chi connectivity index (χ3v) is 5.94. The molecule has 1 aliphatic rings. The van der Waals surface area contributed by atoms with E-state index in [1.807, 2.05) is 7.05 Å². The van der Waals surface area contributed by atoms with Crippen LogP contribution in [0, 0.1) is 13.8 Å². The number of thiazole rings is 1. The number of aryl methyl sites for hydroxylation is 3. The van der Waals surface area contributed by atoms with E-state index in [1.165, 1.54) is 5.56 Å². The van der Waals surface area contributed by atoms with Gasteiger partial charge in [-0.15, -0.1) is 0 Å². The van der Waals surface area contributed by atoms with Crippen LogP contribution >= 0.6 is 11.3 Å². The lowest BCUT2D eigenvalue weighted by atomic mass is 10.1. The summed E-state index contributed by atoms with van der Waals surface area (Å²) >= 11 is 1.55. The zero-order valence-electron chi connectivity index (χ0n) is 15.2. The highest BCUT2D eigenvalue weighted by molar-refractivity contribution is 7.22. The van der Waals surface area contributed by atoms with Gasteiger partial charge in [0.25, 0.3) is 5.91 Å². The van der Waals surface area contributed by atoms with Crippen LogP contribution in [0.1, 0.15) is 34.5 Å². The van der Waals surface area contributed by atoms with Gasteiger partial charge in [0.1, 0.15) is 0 Å². The van der Waals surface area contributed by atoms with Gasteiger partial charge < -0.3 is 4.74 Å². The number of hydrogen-bond acceptors (Lipinski definition) is 5. The number of anilines is 1. The predicted molar refractivity (Wildman–Crippen MR) is 103 cm³/mol. The van der Waals surface area contributed by atoms with E-state index >= 15 is 0 Å². The van der Waals surface area contributed by atoms with Gasteiger partial charge in [0.05, 0.1) is 22.9 Å². The molecule has 1 amide bonds. The first-order chi connectivity index (χ1) is 12.5. The maximum absolute atomic E-state index is 13.1. The van der Waals surface area contributed by atoms with Crippen molar-refractivity contribution in [1.82, 2.24) is 14.8 Å². The Morgan fingerprint density at radius 3 is 2.92 bits per heavy atom. The molecule has 0 spiro atoms. The second-order valence-electron chi connectivity index (χ2n) is 6.78. The molecule has 0 radical (unpaired) electrons. The number of carbonyl (C=O) groups excluding carboxylic acids is 1. The number of fused-ring (bicyclic) bond motifs is 1. The highest BCUT2D eigenvalue weighted by Gasteiger charge is 2.28. The molecule has 1 atom stereocenters. The Labute approximate surface area is 156 Å². The monoisotopic (exact) mass is 370 g/mol. The Morgan fingerprint density at radius 2 is 2.23 bits per heavy atom. The lowest BCUT2D eigenvalue weighted by Gasteiger charge is -2.22. The molecule has 0 saturated carbocycles. The normalized spacial score (nSPS) is 17.1. The van der Waals surface area contributed by atoms with Gasteiger partial charge >= 0.3 is 0 Å². The van der Waals surface area contributed by atoms with Gasteiger partial charge in [-0.2, -0.15) is 5.10 Å². The third-order valence-electron chi connectivity index (χ3n) is 4.89. The van der Waals surface area contributed by atoms with Gasteiger partial charge in [0.2, 0.25) is 0 Å². The Hall–Kier alpha value is -2.25. The van der Waals surface area contributed by atoms with Crippen molar-refractivity contribution in [2.45, 2.75) is 32.8 Å². The van der Waals surface area contributed by atoms with Crippen molar-refractivity contribution >= 4 is 32.6 Å². The molecule has 1 aliphatic heterocycles. The molecule has 2 aromatic heterocycles. The standard InChI is InChI=1S/C19H22N4O2S/c1-12-6-7-16-17(13(12)2)20-19(26-16)23(11-14-5-4-10-25-14)18(24)15-8-9-22(3)21-15/h6-9,14H,4-5,10-11H2,1-3H3. The summed E-state index contributed by atoms with van der Waals surface area (Å²) < 4.78 is 8.50. The average molecular weight is 370 g/mol. The fraction of sp³-hybridized carbons (Fsp3) is 0.421. The molecule has 1 unspecified atom stereocenters. The van der Waals surface area contributed by atoms with Gasteiger partial charge in [-0.05, 0) is 49.9 Å². The molecule has 26 heavy (non-hydrogen) atoms. The molecule has 0 N–H and O–H groups in total. The van der Waals surface area contributed by atoms with Gasteiger partial charge in [-0.3, -0.25) is 14.4 Å². The van der Waals surface area contributed by atoms with Gasteiger partial charge in [-0.25, -0.2) is 4.98 Å². The van der Waals surface area contributed by atoms with Crippen molar-refractivity contribution < 1.29 is 9.53 Å². The van der Waals surface area contributed by atoms with Crippen LogP contribution in [0.4, 0.5) is 5.13 Å². The summed E-state index contributed by atoms with van der Waals surface area (Å²) in [5, 5.41) is 4.99. The van der Waals surface area contributed by atoms with Crippen molar-refractivity contribution in [3.8, 4) is 0 Å². The molecular weight excluding hydrogens is 348 g/mol. The minimum Gasteiger partial charge on any atom is -0.376 e. The molecule has 4 rings (SSSR count). The number of benzene rings is 1. The zero-order chi connectivity index (χ0) is 18.3. The van der Waals surface area contributed by atoms with E-state index in [1.54, 1.807) is 33.2 Å². The zero-order valence-corrected chi connectivity index (χ0v) is 16.0. The first kappa shape index (κ1) is 17.2. The first-order valence-corrected chi connectivity index (χ1v) is 9.64. The topological polar surface area (TPSA) is 60.2 Å². The SMILES string of the molecule is Cc1ccc2sc(N(CC3CCCO3)C(=O)c3ccn(C)n3)nc2c1C. The number of hydrogen-bond donors (Lipinski definition) is 0. The molecule has 1 aromatic carbocycles. The van der Waals surface area contributed by atoms with Gasteiger partial charge in [0, 0.05) is 19.9 Å². The van der Waals surface area contributed by atoms with E-state index < -0.39 is 0 Å². The number of ether oxygens (including phenoxy) is 1. The van der Waals surface area contributed by atoms with E-state index in [0.717, 1.165) is 35.2 Å². The number of amides is 1. The molecule has 0 aliphatic carbocycles. The maximum atomic E-state index is 13.1. The lowest BCUT2D eigenvalue weighted by Crippen LogP contribution is -2.37. The Bertz CT molecular complexity index is 956. The van der Waals surface area contributed by atoms with Crippen LogP contribution in [0.15, 0.2) is 24.4 Å². The fourth-order valence-electron chi connectivity index (χ4n) is 3.24. The summed E-state index contributed by atoms with van der Waals surface area (Å²) in [6, 6.07) is 5.92. The Balaban J connectivity index is 1.74. The van der Waals surface area contributed by atoms with E-state index in [2.05, 4.69) is 31.1 Å². The molecule has 3 aromatic rings. The minimum atomic E-state index is -0.130. The molecule has 6 nitrogen and oxygen atoms in total. The van der Waals surface area contributed by atoms with Crippen LogP contribution in [0.25, 0.3) is 10.2 Å². The van der Waals surface area contributed by atoms with E-state index in [4.69, 9.17) is 9.72 Å². The number of aromatic nitrogens is 3. The summed E-state index contributed by atoms with van der Waals surface area (Å²) in [5.41, 5.74) is 3.76. The minimum absolute atomic E-state index is 0.0532. The van der Waals surface area contributed by atoms with E-state index in [9.17, 15) is 4.79 Å². The highest BCUT2D eigenvalue weighted by Crippen LogP contribution is 2.33. The number of rotatable bonds is 4. The molecule has 1 saturated heterocycles. The second kappa shape index (κ2) is 6.81. The first-order valence-electron chi connectivity index (χ1n) is 8.83. The van der Waals surface area contributed by atoms with E-state index in [-0.39, 0.29) is 12.0 Å². The van der Waals surface area contributed by atoms with Crippen molar-refractivity contribution in [3.05, 3.63) is 41.2 Å². The molecular formula is C19H22N4O2S. The van der Waals surface area contributed by atoms with Crippen molar-refractivity contribution in [3.63, 3.8) is 0 Å². The van der Waals surface area contributed by atoms with Crippen LogP contribution in [0.5, 0.6) is 0 Å². The largest absolute Gasteiger partial charge is 0.376 e. The summed E-state index contributed by atoms with van der Waals surface area (Å²) in [6.07, 6.45) is 3.84. The van der Waals surface area contributed by atoms with Crippen LogP contribution in [-0.4, -0.2) is 39.9 Å². The second-order valence-corrected chi connectivity index (χ2v) is 7.79. The Morgan fingerprint density at radius 1 is 1.38 bits per heavy atom. The smallest absolute Gasteiger partial charge is 0.280 e. The highest BCUT2D eigenvalue weighted by atomic mass is 32.1. The fourth-order valence-corrected chi connectivity index (χ4v) is 4.27. The molecule has 136 valence electrons. The summed E-state index contributed by atoms with van der Waals surface area (Å²) in [7, 11) is 1.81. The summed E-state index contributed by atoms with van der Waals surface area (Å²) in [6.45, 7) is 5.42.